The average Bonchev–Trinajstić information content (AvgIpc) is 3.29. The van der Waals surface area contributed by atoms with Crippen LogP contribution in [0.3, 0.4) is 0 Å². The van der Waals surface area contributed by atoms with Crippen LogP contribution in [0.5, 0.6) is 5.75 Å². The molecule has 0 fully saturated rings. The summed E-state index contributed by atoms with van der Waals surface area (Å²) in [6.45, 7) is 9.12. The summed E-state index contributed by atoms with van der Waals surface area (Å²) in [6, 6.07) is 15.9. The van der Waals surface area contributed by atoms with Crippen molar-refractivity contribution >= 4 is 29.0 Å². The third-order valence-electron chi connectivity index (χ3n) is 4.75. The number of benzene rings is 2. The molecule has 34 heavy (non-hydrogen) atoms. The van der Waals surface area contributed by atoms with Crippen LogP contribution in [0, 0.1) is 13.5 Å². The molecular weight excluding hydrogens is 454 g/mol. The predicted octanol–water partition coefficient (Wildman–Crippen LogP) is 4.84. The lowest BCUT2D eigenvalue weighted by Crippen LogP contribution is -2.12. The molecule has 2 N–H and O–H groups in total. The summed E-state index contributed by atoms with van der Waals surface area (Å²) in [4.78, 5) is 35.4. The maximum atomic E-state index is 12.5. The van der Waals surface area contributed by atoms with E-state index < -0.39 is 5.56 Å². The lowest BCUT2D eigenvalue weighted by atomic mass is 10.1. The van der Waals surface area contributed by atoms with Crippen molar-refractivity contribution in [3.63, 3.8) is 0 Å². The number of aromatic nitrogens is 3. The highest BCUT2D eigenvalue weighted by atomic mass is 32.2. The number of ether oxygens (including phenoxy) is 1. The van der Waals surface area contributed by atoms with Gasteiger partial charge in [-0.3, -0.25) is 9.59 Å². The Hall–Kier alpha value is -4.36. The normalized spacial score (nSPS) is 10.5. The van der Waals surface area contributed by atoms with Gasteiger partial charge in [-0.15, -0.1) is 0 Å². The van der Waals surface area contributed by atoms with Gasteiger partial charge in [-0.05, 0) is 42.3 Å². The second-order valence-electron chi connectivity index (χ2n) is 7.18. The topological polar surface area (TPSA) is 114 Å². The van der Waals surface area contributed by atoms with Gasteiger partial charge in [-0.25, -0.2) is 9.83 Å². The van der Waals surface area contributed by atoms with Gasteiger partial charge in [0.25, 0.3) is 17.2 Å². The van der Waals surface area contributed by atoms with Gasteiger partial charge in [0, 0.05) is 17.5 Å². The first-order valence-corrected chi connectivity index (χ1v) is 11.1. The number of aryl methyl sites for hydroxylation is 1. The zero-order chi connectivity index (χ0) is 24.1. The van der Waals surface area contributed by atoms with Crippen molar-refractivity contribution in [2.24, 2.45) is 0 Å². The highest BCUT2D eigenvalue weighted by Gasteiger charge is 2.15. The number of aromatic amines is 1. The maximum Gasteiger partial charge on any atom is 0.277 e. The third-order valence-corrected chi connectivity index (χ3v) is 5.69. The number of thioether (sulfide) groups is 1. The minimum Gasteiger partial charge on any atom is -0.497 e. The largest absolute Gasteiger partial charge is 0.497 e. The minimum atomic E-state index is -0.505. The third kappa shape index (κ3) is 5.16. The van der Waals surface area contributed by atoms with E-state index in [0.29, 0.717) is 39.4 Å². The van der Waals surface area contributed by atoms with Crippen molar-refractivity contribution in [3.05, 3.63) is 93.4 Å². The van der Waals surface area contributed by atoms with Crippen LogP contribution in [0.1, 0.15) is 21.8 Å². The Balaban J connectivity index is 1.53. The molecule has 0 unspecified atom stereocenters. The number of carbonyl (C=O) groups excluding carboxylic acids is 1. The molecule has 0 radical (unpaired) electrons. The van der Waals surface area contributed by atoms with E-state index in [0.717, 1.165) is 5.56 Å². The quantitative estimate of drug-likeness (QED) is 0.224. The molecule has 10 heteroatoms. The zero-order valence-electron chi connectivity index (χ0n) is 18.3. The van der Waals surface area contributed by atoms with Crippen LogP contribution in [-0.4, -0.2) is 28.1 Å². The molecule has 2 aromatic heterocycles. The number of H-pyrrole nitrogens is 1. The summed E-state index contributed by atoms with van der Waals surface area (Å²) in [7, 11) is 1.55. The van der Waals surface area contributed by atoms with Crippen molar-refractivity contribution < 1.29 is 14.1 Å². The van der Waals surface area contributed by atoms with Crippen molar-refractivity contribution in [1.82, 2.24) is 15.1 Å². The Kier molecular flexibility index (Phi) is 6.75. The molecule has 0 bridgehead atoms. The van der Waals surface area contributed by atoms with E-state index in [1.165, 1.54) is 11.8 Å². The van der Waals surface area contributed by atoms with E-state index >= 15 is 0 Å². The highest BCUT2D eigenvalue weighted by molar-refractivity contribution is 7.98. The van der Waals surface area contributed by atoms with Crippen LogP contribution < -0.4 is 15.6 Å². The van der Waals surface area contributed by atoms with E-state index in [2.05, 4.69) is 25.3 Å². The summed E-state index contributed by atoms with van der Waals surface area (Å²) >= 11 is 1.31. The summed E-state index contributed by atoms with van der Waals surface area (Å²) in [5, 5.41) is 6.88. The van der Waals surface area contributed by atoms with Crippen molar-refractivity contribution in [2.45, 2.75) is 17.8 Å². The molecule has 170 valence electrons. The first kappa shape index (κ1) is 22.8. The van der Waals surface area contributed by atoms with Crippen LogP contribution in [0.15, 0.2) is 69.1 Å². The molecule has 4 aromatic rings. The molecular formula is C24H19N5O4S. The van der Waals surface area contributed by atoms with E-state index in [4.69, 9.17) is 15.8 Å². The molecule has 1 amide bonds. The van der Waals surface area contributed by atoms with Gasteiger partial charge in [-0.1, -0.05) is 41.2 Å². The number of methoxy groups -OCH3 is 1. The van der Waals surface area contributed by atoms with Crippen molar-refractivity contribution in [2.75, 3.05) is 12.4 Å². The molecule has 9 nitrogen and oxygen atoms in total. The number of rotatable bonds is 7. The fourth-order valence-corrected chi connectivity index (χ4v) is 3.95. The molecule has 4 rings (SSSR count). The highest BCUT2D eigenvalue weighted by Crippen LogP contribution is 2.30. The van der Waals surface area contributed by atoms with Crippen LogP contribution >= 0.6 is 11.8 Å². The first-order valence-electron chi connectivity index (χ1n) is 10.1. The molecule has 0 aliphatic heterocycles. The maximum absolute atomic E-state index is 12.5. The predicted molar refractivity (Wildman–Crippen MR) is 128 cm³/mol. The molecule has 0 atom stereocenters. The van der Waals surface area contributed by atoms with Crippen LogP contribution in [0.25, 0.3) is 16.1 Å². The standard InChI is InChI=1S/C24H19N5O4S/c1-14-10-19(29-33-14)22(30)26-17-8-4-6-15(11-17)13-34-24-27-20(21(25-2)23(31)28-24)16-7-5-9-18(12-16)32-3/h4-12H,13H2,1,3H3,(H,26,30)(H,27,28,31). The Morgan fingerprint density at radius 2 is 2.06 bits per heavy atom. The smallest absolute Gasteiger partial charge is 0.277 e. The lowest BCUT2D eigenvalue weighted by Gasteiger charge is -2.09. The van der Waals surface area contributed by atoms with E-state index in [9.17, 15) is 9.59 Å². The number of nitrogens with zero attached hydrogens (tertiary/aromatic N) is 3. The molecule has 0 saturated heterocycles. The van der Waals surface area contributed by atoms with Gasteiger partial charge in [0.05, 0.1) is 19.4 Å². The Morgan fingerprint density at radius 1 is 1.24 bits per heavy atom. The van der Waals surface area contributed by atoms with Crippen molar-refractivity contribution in [1.29, 1.82) is 0 Å². The van der Waals surface area contributed by atoms with E-state index in [1.54, 1.807) is 50.4 Å². The number of anilines is 1. The molecule has 2 heterocycles. The molecule has 0 aliphatic carbocycles. The van der Waals surface area contributed by atoms with Gasteiger partial charge in [-0.2, -0.15) is 0 Å². The second kappa shape index (κ2) is 10.1. The van der Waals surface area contributed by atoms with Gasteiger partial charge >= 0.3 is 0 Å². The summed E-state index contributed by atoms with van der Waals surface area (Å²) in [6.07, 6.45) is 0. The number of nitrogens with one attached hydrogen (secondary N) is 2. The van der Waals surface area contributed by atoms with Crippen molar-refractivity contribution in [3.8, 4) is 17.0 Å². The number of carbonyl (C=O) groups is 1. The number of hydrogen-bond acceptors (Lipinski definition) is 7. The van der Waals surface area contributed by atoms with Crippen LogP contribution in [0.4, 0.5) is 11.4 Å². The average molecular weight is 474 g/mol. The summed E-state index contributed by atoms with van der Waals surface area (Å²) in [5.74, 6) is 1.26. The van der Waals surface area contributed by atoms with Gasteiger partial charge in [0.1, 0.15) is 11.5 Å². The Morgan fingerprint density at radius 3 is 2.79 bits per heavy atom. The lowest BCUT2D eigenvalue weighted by molar-refractivity contribution is 0.101. The second-order valence-corrected chi connectivity index (χ2v) is 8.14. The minimum absolute atomic E-state index is 0.0783. The summed E-state index contributed by atoms with van der Waals surface area (Å²) < 4.78 is 10.2. The monoisotopic (exact) mass is 473 g/mol. The Labute approximate surface area is 199 Å². The fourth-order valence-electron chi connectivity index (χ4n) is 3.15. The van der Waals surface area contributed by atoms with Crippen LogP contribution in [0.2, 0.25) is 0 Å². The van der Waals surface area contributed by atoms with Gasteiger partial charge < -0.3 is 19.6 Å². The Bertz CT molecular complexity index is 1450. The molecule has 0 aliphatic rings. The van der Waals surface area contributed by atoms with E-state index in [-0.39, 0.29) is 17.3 Å². The van der Waals surface area contributed by atoms with Crippen LogP contribution in [-0.2, 0) is 5.75 Å². The molecule has 0 saturated carbocycles. The molecule has 2 aromatic carbocycles. The van der Waals surface area contributed by atoms with Gasteiger partial charge in [0.15, 0.2) is 10.9 Å². The number of amides is 1. The van der Waals surface area contributed by atoms with E-state index in [1.807, 2.05) is 18.2 Å². The first-order chi connectivity index (χ1) is 16.5. The zero-order valence-corrected chi connectivity index (χ0v) is 19.1. The summed E-state index contributed by atoms with van der Waals surface area (Å²) in [5.41, 5.74) is 2.03. The number of hydrogen-bond donors (Lipinski definition) is 2. The van der Waals surface area contributed by atoms with Gasteiger partial charge in [0.2, 0.25) is 0 Å². The fraction of sp³-hybridized carbons (Fsp3) is 0.125. The SMILES string of the molecule is [C-]#[N+]c1c(-c2cccc(OC)c2)nc(SCc2cccc(NC(=O)c3cc(C)on3)c2)[nH]c1=O. The molecule has 0 spiro atoms.